The Hall–Kier alpha value is -0.850. The number of hydrogen-bond donors (Lipinski definition) is 0. The molecule has 0 aliphatic carbocycles. The van der Waals surface area contributed by atoms with E-state index in [9.17, 15) is 0 Å². The summed E-state index contributed by atoms with van der Waals surface area (Å²) in [6, 6.07) is 2.58. The van der Waals surface area contributed by atoms with Crippen LogP contribution in [-0.2, 0) is 19.4 Å². The van der Waals surface area contributed by atoms with Crippen molar-refractivity contribution < 1.29 is 4.57 Å². The molecule has 0 amide bonds. The van der Waals surface area contributed by atoms with Gasteiger partial charge in [0.1, 0.15) is 6.54 Å². The highest BCUT2D eigenvalue weighted by Crippen LogP contribution is 2.17. The van der Waals surface area contributed by atoms with Gasteiger partial charge in [-0.25, -0.2) is 4.57 Å². The van der Waals surface area contributed by atoms with Gasteiger partial charge in [0.05, 0.1) is 0 Å². The van der Waals surface area contributed by atoms with E-state index in [0.717, 1.165) is 0 Å². The lowest BCUT2D eigenvalue weighted by atomic mass is 10.0. The van der Waals surface area contributed by atoms with E-state index in [-0.39, 0.29) is 0 Å². The Morgan fingerprint density at radius 1 is 0.275 bits per heavy atom. The molecule has 0 aliphatic rings. The monoisotopic (exact) mass is 711 g/mol. The SMILES string of the molecule is CCCCCCCCCCCCCCCc1cc(CCCCCCCCCCCCCCC)c[n+](CCCCCCCCCCCCCCC)c1. The van der Waals surface area contributed by atoms with Crippen molar-refractivity contribution in [3.63, 3.8) is 0 Å². The Morgan fingerprint density at radius 3 is 0.745 bits per heavy atom. The summed E-state index contributed by atoms with van der Waals surface area (Å²) in [6.45, 7) is 8.17. The summed E-state index contributed by atoms with van der Waals surface area (Å²) in [5.41, 5.74) is 3.22. The molecular weight excluding hydrogens is 615 g/mol. The summed E-state index contributed by atoms with van der Waals surface area (Å²) in [5, 5.41) is 0. The number of aromatic nitrogens is 1. The van der Waals surface area contributed by atoms with E-state index in [0.29, 0.717) is 0 Å². The Bertz CT molecular complexity index is 681. The van der Waals surface area contributed by atoms with Gasteiger partial charge in [0, 0.05) is 17.5 Å². The Morgan fingerprint density at radius 2 is 0.490 bits per heavy atom. The standard InChI is InChI=1S/C50H96N/c1-4-7-10-13-16-19-22-25-28-31-34-37-40-43-49-46-50(44-41-38-35-32-29-26-23-20-17-14-11-8-5-2)48-51(47-49)45-42-39-36-33-30-27-24-21-18-15-12-9-6-3/h46-48H,4-45H2,1-3H3/q+1. The average molecular weight is 711 g/mol. The van der Waals surface area contributed by atoms with Crippen molar-refractivity contribution in [1.82, 2.24) is 0 Å². The van der Waals surface area contributed by atoms with Crippen LogP contribution in [0.3, 0.4) is 0 Å². The molecule has 1 nitrogen and oxygen atoms in total. The van der Waals surface area contributed by atoms with Crippen LogP contribution in [-0.4, -0.2) is 0 Å². The molecule has 0 N–H and O–H groups in total. The number of aryl methyl sites for hydroxylation is 3. The molecule has 1 rings (SSSR count). The van der Waals surface area contributed by atoms with E-state index in [4.69, 9.17) is 0 Å². The van der Waals surface area contributed by atoms with Crippen LogP contribution in [0, 0.1) is 0 Å². The van der Waals surface area contributed by atoms with E-state index in [1.54, 1.807) is 11.1 Å². The van der Waals surface area contributed by atoms with Gasteiger partial charge in [0.15, 0.2) is 12.4 Å². The Labute approximate surface area is 323 Å². The maximum Gasteiger partial charge on any atom is 0.171 e. The molecule has 51 heavy (non-hydrogen) atoms. The first-order valence-corrected chi connectivity index (χ1v) is 24.3. The first-order chi connectivity index (χ1) is 25.3. The van der Waals surface area contributed by atoms with Crippen LogP contribution in [0.25, 0.3) is 0 Å². The van der Waals surface area contributed by atoms with Crippen LogP contribution in [0.2, 0.25) is 0 Å². The lowest BCUT2D eigenvalue weighted by molar-refractivity contribution is -0.698. The fourth-order valence-electron chi connectivity index (χ4n) is 8.18. The first-order valence-electron chi connectivity index (χ1n) is 24.3. The predicted octanol–water partition coefficient (Wildman–Crippen LogP) is 17.3. The van der Waals surface area contributed by atoms with Crippen molar-refractivity contribution in [2.24, 2.45) is 0 Å². The molecule has 0 saturated heterocycles. The van der Waals surface area contributed by atoms with E-state index >= 15 is 0 Å². The molecule has 0 unspecified atom stereocenters. The fraction of sp³-hybridized carbons (Fsp3) is 0.900. The van der Waals surface area contributed by atoms with Gasteiger partial charge in [-0.2, -0.15) is 0 Å². The van der Waals surface area contributed by atoms with Gasteiger partial charge in [-0.15, -0.1) is 0 Å². The van der Waals surface area contributed by atoms with Crippen LogP contribution < -0.4 is 4.57 Å². The molecule has 0 radical (unpaired) electrons. The normalized spacial score (nSPS) is 11.6. The number of hydrogen-bond acceptors (Lipinski definition) is 0. The van der Waals surface area contributed by atoms with Crippen molar-refractivity contribution >= 4 is 0 Å². The smallest absolute Gasteiger partial charge is 0.171 e. The summed E-state index contributed by atoms with van der Waals surface area (Å²) >= 11 is 0. The number of unbranched alkanes of at least 4 members (excludes halogenated alkanes) is 36. The molecule has 300 valence electrons. The zero-order chi connectivity index (χ0) is 36.6. The van der Waals surface area contributed by atoms with Gasteiger partial charge >= 0.3 is 0 Å². The molecule has 0 aliphatic heterocycles. The van der Waals surface area contributed by atoms with Crippen LogP contribution >= 0.6 is 0 Å². The molecular formula is C50H96N+. The van der Waals surface area contributed by atoms with E-state index in [1.807, 2.05) is 0 Å². The molecule has 0 aromatic carbocycles. The molecule has 0 fully saturated rings. The highest BCUT2D eigenvalue weighted by Gasteiger charge is 2.09. The van der Waals surface area contributed by atoms with Gasteiger partial charge < -0.3 is 0 Å². The maximum absolute atomic E-state index is 2.59. The van der Waals surface area contributed by atoms with Gasteiger partial charge in [0.2, 0.25) is 0 Å². The van der Waals surface area contributed by atoms with Crippen molar-refractivity contribution in [3.8, 4) is 0 Å². The molecule has 0 bridgehead atoms. The van der Waals surface area contributed by atoms with Crippen LogP contribution in [0.1, 0.15) is 282 Å². The summed E-state index contributed by atoms with van der Waals surface area (Å²) in [7, 11) is 0. The van der Waals surface area contributed by atoms with Gasteiger partial charge in [-0.05, 0) is 38.2 Å². The van der Waals surface area contributed by atoms with Crippen molar-refractivity contribution in [2.45, 2.75) is 291 Å². The lowest BCUT2D eigenvalue weighted by Gasteiger charge is -2.08. The minimum absolute atomic E-state index is 1.22. The van der Waals surface area contributed by atoms with Crippen molar-refractivity contribution in [3.05, 3.63) is 29.6 Å². The molecule has 1 heteroatoms. The molecule has 1 aromatic heterocycles. The highest BCUT2D eigenvalue weighted by molar-refractivity contribution is 5.15. The minimum Gasteiger partial charge on any atom is -0.205 e. The molecule has 1 aromatic rings. The van der Waals surface area contributed by atoms with Crippen LogP contribution in [0.4, 0.5) is 0 Å². The summed E-state index contributed by atoms with van der Waals surface area (Å²) in [4.78, 5) is 0. The Kier molecular flexibility index (Phi) is 38.1. The van der Waals surface area contributed by atoms with Crippen LogP contribution in [0.5, 0.6) is 0 Å². The van der Waals surface area contributed by atoms with Crippen LogP contribution in [0.15, 0.2) is 18.5 Å². The predicted molar refractivity (Wildman–Crippen MR) is 231 cm³/mol. The second kappa shape index (κ2) is 40.3. The van der Waals surface area contributed by atoms with Gasteiger partial charge in [0.25, 0.3) is 0 Å². The lowest BCUT2D eigenvalue weighted by Crippen LogP contribution is -2.34. The largest absolute Gasteiger partial charge is 0.205 e. The average Bonchev–Trinajstić information content (AvgIpc) is 3.14. The molecule has 1 heterocycles. The first kappa shape index (κ1) is 48.2. The minimum atomic E-state index is 1.22. The van der Waals surface area contributed by atoms with Crippen molar-refractivity contribution in [1.29, 1.82) is 0 Å². The Balaban J connectivity index is 2.30. The van der Waals surface area contributed by atoms with Gasteiger partial charge in [-0.1, -0.05) is 245 Å². The molecule has 0 saturated carbocycles. The topological polar surface area (TPSA) is 3.88 Å². The van der Waals surface area contributed by atoms with E-state index < -0.39 is 0 Å². The van der Waals surface area contributed by atoms with Crippen molar-refractivity contribution in [2.75, 3.05) is 0 Å². The third kappa shape index (κ3) is 34.7. The summed E-state index contributed by atoms with van der Waals surface area (Å²) in [5.74, 6) is 0. The summed E-state index contributed by atoms with van der Waals surface area (Å²) < 4.78 is 2.59. The highest BCUT2D eigenvalue weighted by atomic mass is 14.9. The number of nitrogens with zero attached hydrogens (tertiary/aromatic N) is 1. The zero-order valence-electron chi connectivity index (χ0n) is 35.9. The molecule has 0 atom stereocenters. The quantitative estimate of drug-likeness (QED) is 0.0470. The third-order valence-electron chi connectivity index (χ3n) is 11.7. The number of rotatable bonds is 42. The van der Waals surface area contributed by atoms with E-state index in [2.05, 4.69) is 43.8 Å². The fourth-order valence-corrected chi connectivity index (χ4v) is 8.18. The van der Waals surface area contributed by atoms with E-state index in [1.165, 1.54) is 270 Å². The second-order valence-corrected chi connectivity index (χ2v) is 17.0. The van der Waals surface area contributed by atoms with Gasteiger partial charge in [-0.3, -0.25) is 0 Å². The third-order valence-corrected chi connectivity index (χ3v) is 11.7. The zero-order valence-corrected chi connectivity index (χ0v) is 35.9. The molecule has 0 spiro atoms. The summed E-state index contributed by atoms with van der Waals surface area (Å²) in [6.07, 6.45) is 63.8. The second-order valence-electron chi connectivity index (χ2n) is 17.0. The number of pyridine rings is 1. The maximum atomic E-state index is 2.59.